The summed E-state index contributed by atoms with van der Waals surface area (Å²) in [4.78, 5) is 33.3. The number of fused-ring (bicyclic) bond motifs is 1. The van der Waals surface area contributed by atoms with E-state index < -0.39 is 22.9 Å². The Morgan fingerprint density at radius 1 is 1.31 bits per heavy atom. The molecule has 0 saturated carbocycles. The minimum atomic E-state index is -1.21. The standard InChI is InChI=1S/C10H7NO4S/c12-8(13)5-11-9(14)6-3-1-2-4-7(6)16-10(11)15/h1-4H,5H2,(H,12,13). The summed E-state index contributed by atoms with van der Waals surface area (Å²) in [6.07, 6.45) is 0. The molecule has 0 aliphatic carbocycles. The van der Waals surface area contributed by atoms with Crippen LogP contribution in [-0.4, -0.2) is 15.6 Å². The van der Waals surface area contributed by atoms with Gasteiger partial charge in [0, 0.05) is 4.70 Å². The van der Waals surface area contributed by atoms with Gasteiger partial charge in [-0.15, -0.1) is 0 Å². The van der Waals surface area contributed by atoms with Crippen molar-refractivity contribution >= 4 is 27.4 Å². The summed E-state index contributed by atoms with van der Waals surface area (Å²) in [5.41, 5.74) is -0.554. The third-order valence-electron chi connectivity index (χ3n) is 2.07. The molecule has 0 aliphatic rings. The van der Waals surface area contributed by atoms with Crippen molar-refractivity contribution in [3.8, 4) is 0 Å². The third-order valence-corrected chi connectivity index (χ3v) is 3.04. The molecule has 0 unspecified atom stereocenters. The first-order chi connectivity index (χ1) is 7.59. The van der Waals surface area contributed by atoms with E-state index in [1.54, 1.807) is 24.3 Å². The Morgan fingerprint density at radius 3 is 2.69 bits per heavy atom. The first-order valence-corrected chi connectivity index (χ1v) is 5.26. The molecule has 0 amide bonds. The van der Waals surface area contributed by atoms with Gasteiger partial charge in [-0.05, 0) is 12.1 Å². The van der Waals surface area contributed by atoms with E-state index in [0.717, 1.165) is 15.9 Å². The molecular formula is C10H7NO4S. The van der Waals surface area contributed by atoms with Crippen molar-refractivity contribution < 1.29 is 9.90 Å². The van der Waals surface area contributed by atoms with E-state index >= 15 is 0 Å². The van der Waals surface area contributed by atoms with Gasteiger partial charge in [0.15, 0.2) is 0 Å². The fourth-order valence-electron chi connectivity index (χ4n) is 1.38. The molecule has 0 saturated heterocycles. The molecule has 0 aliphatic heterocycles. The Bertz CT molecular complexity index is 670. The maximum absolute atomic E-state index is 11.8. The SMILES string of the molecule is O=C(O)Cn1c(=O)sc2ccccc2c1=O. The maximum atomic E-state index is 11.8. The van der Waals surface area contributed by atoms with Crippen molar-refractivity contribution in [1.29, 1.82) is 0 Å². The molecule has 1 heterocycles. The molecule has 82 valence electrons. The Balaban J connectivity index is 2.81. The number of nitrogens with zero attached hydrogens (tertiary/aromatic N) is 1. The first kappa shape index (κ1) is 10.6. The van der Waals surface area contributed by atoms with Crippen LogP contribution >= 0.6 is 11.3 Å². The van der Waals surface area contributed by atoms with Crippen molar-refractivity contribution in [2.75, 3.05) is 0 Å². The van der Waals surface area contributed by atoms with Gasteiger partial charge in [0.05, 0.1) is 5.39 Å². The van der Waals surface area contributed by atoms with Crippen molar-refractivity contribution in [1.82, 2.24) is 4.57 Å². The number of rotatable bonds is 2. The van der Waals surface area contributed by atoms with Crippen LogP contribution < -0.4 is 10.4 Å². The van der Waals surface area contributed by atoms with Crippen LogP contribution in [0.25, 0.3) is 10.1 Å². The molecule has 2 aromatic rings. The van der Waals surface area contributed by atoms with Gasteiger partial charge >= 0.3 is 10.8 Å². The van der Waals surface area contributed by atoms with E-state index in [2.05, 4.69) is 0 Å². The number of carbonyl (C=O) groups is 1. The highest BCUT2D eigenvalue weighted by Gasteiger charge is 2.09. The van der Waals surface area contributed by atoms with E-state index in [4.69, 9.17) is 5.11 Å². The van der Waals surface area contributed by atoms with Gasteiger partial charge < -0.3 is 5.11 Å². The third kappa shape index (κ3) is 1.74. The minimum absolute atomic E-state index is 0.369. The molecule has 0 spiro atoms. The van der Waals surface area contributed by atoms with Gasteiger partial charge in [-0.1, -0.05) is 23.5 Å². The van der Waals surface area contributed by atoms with Crippen LogP contribution in [0, 0.1) is 0 Å². The predicted octanol–water partition coefficient (Wildman–Crippen LogP) is 0.508. The Labute approximate surface area is 93.2 Å². The lowest BCUT2D eigenvalue weighted by molar-refractivity contribution is -0.137. The number of aromatic nitrogens is 1. The molecule has 16 heavy (non-hydrogen) atoms. The van der Waals surface area contributed by atoms with Crippen LogP contribution in [-0.2, 0) is 11.3 Å². The second kappa shape index (κ2) is 3.90. The van der Waals surface area contributed by atoms with Gasteiger partial charge in [-0.25, -0.2) is 0 Å². The highest BCUT2D eigenvalue weighted by molar-refractivity contribution is 7.16. The molecule has 1 aromatic heterocycles. The molecule has 1 aromatic carbocycles. The molecule has 0 radical (unpaired) electrons. The Hall–Kier alpha value is -1.95. The normalized spacial score (nSPS) is 10.5. The van der Waals surface area contributed by atoms with Crippen LogP contribution in [0.2, 0.25) is 0 Å². The summed E-state index contributed by atoms with van der Waals surface area (Å²) in [7, 11) is 0. The molecule has 2 rings (SSSR count). The zero-order valence-electron chi connectivity index (χ0n) is 8.04. The second-order valence-electron chi connectivity index (χ2n) is 3.15. The number of benzene rings is 1. The summed E-state index contributed by atoms with van der Waals surface area (Å²) in [6.45, 7) is -0.598. The fraction of sp³-hybridized carbons (Fsp3) is 0.100. The van der Waals surface area contributed by atoms with Crippen LogP contribution in [0.4, 0.5) is 0 Å². The Kier molecular flexibility index (Phi) is 2.57. The molecule has 6 heteroatoms. The zero-order chi connectivity index (χ0) is 11.7. The van der Waals surface area contributed by atoms with E-state index in [0.29, 0.717) is 10.1 Å². The lowest BCUT2D eigenvalue weighted by Gasteiger charge is -2.01. The topological polar surface area (TPSA) is 76.4 Å². The molecule has 1 N–H and O–H groups in total. The number of carboxylic acids is 1. The lowest BCUT2D eigenvalue weighted by Crippen LogP contribution is -2.33. The highest BCUT2D eigenvalue weighted by Crippen LogP contribution is 2.10. The number of hydrogen-bond donors (Lipinski definition) is 1. The maximum Gasteiger partial charge on any atom is 0.323 e. The summed E-state index contributed by atoms with van der Waals surface area (Å²) >= 11 is 0.869. The van der Waals surface area contributed by atoms with Crippen LogP contribution in [0.3, 0.4) is 0 Å². The lowest BCUT2D eigenvalue weighted by atomic mass is 10.3. The number of hydrogen-bond acceptors (Lipinski definition) is 4. The van der Waals surface area contributed by atoms with E-state index in [1.165, 1.54) is 0 Å². The van der Waals surface area contributed by atoms with E-state index in [9.17, 15) is 14.4 Å². The van der Waals surface area contributed by atoms with Gasteiger partial charge in [0.1, 0.15) is 6.54 Å². The molecule has 0 atom stereocenters. The zero-order valence-corrected chi connectivity index (χ0v) is 8.86. The van der Waals surface area contributed by atoms with Crippen molar-refractivity contribution in [2.24, 2.45) is 0 Å². The minimum Gasteiger partial charge on any atom is -0.480 e. The van der Waals surface area contributed by atoms with E-state index in [-0.39, 0.29) is 0 Å². The van der Waals surface area contributed by atoms with E-state index in [1.807, 2.05) is 0 Å². The highest BCUT2D eigenvalue weighted by atomic mass is 32.1. The summed E-state index contributed by atoms with van der Waals surface area (Å²) in [5, 5.41) is 8.96. The summed E-state index contributed by atoms with van der Waals surface area (Å²) in [5.74, 6) is -1.21. The average molecular weight is 237 g/mol. The fourth-order valence-corrected chi connectivity index (χ4v) is 2.24. The van der Waals surface area contributed by atoms with Gasteiger partial charge in [0.25, 0.3) is 5.56 Å². The van der Waals surface area contributed by atoms with Crippen molar-refractivity contribution in [3.05, 3.63) is 44.3 Å². The molecule has 5 nitrogen and oxygen atoms in total. The van der Waals surface area contributed by atoms with Gasteiger partial charge in [0.2, 0.25) is 0 Å². The van der Waals surface area contributed by atoms with Crippen molar-refractivity contribution in [2.45, 2.75) is 6.54 Å². The average Bonchev–Trinajstić information content (AvgIpc) is 2.24. The molecular weight excluding hydrogens is 230 g/mol. The first-order valence-electron chi connectivity index (χ1n) is 4.44. The number of carboxylic acid groups (broad SMARTS) is 1. The summed E-state index contributed by atoms with van der Waals surface area (Å²) in [6, 6.07) is 6.63. The monoisotopic (exact) mass is 237 g/mol. The largest absolute Gasteiger partial charge is 0.480 e. The van der Waals surface area contributed by atoms with Gasteiger partial charge in [-0.2, -0.15) is 0 Å². The quantitative estimate of drug-likeness (QED) is 0.825. The van der Waals surface area contributed by atoms with Crippen LogP contribution in [0.15, 0.2) is 33.9 Å². The number of aliphatic carboxylic acids is 1. The molecule has 0 fully saturated rings. The Morgan fingerprint density at radius 2 is 2.00 bits per heavy atom. The second-order valence-corrected chi connectivity index (χ2v) is 4.14. The van der Waals surface area contributed by atoms with Crippen LogP contribution in [0.1, 0.15) is 0 Å². The summed E-state index contributed by atoms with van der Waals surface area (Å²) < 4.78 is 1.30. The smallest absolute Gasteiger partial charge is 0.323 e. The van der Waals surface area contributed by atoms with Crippen LogP contribution in [0.5, 0.6) is 0 Å². The van der Waals surface area contributed by atoms with Gasteiger partial charge in [-0.3, -0.25) is 19.0 Å². The van der Waals surface area contributed by atoms with Crippen molar-refractivity contribution in [3.63, 3.8) is 0 Å². The predicted molar refractivity (Wildman–Crippen MR) is 60.0 cm³/mol. The molecule has 0 bridgehead atoms.